The first-order valence-corrected chi connectivity index (χ1v) is 10.5. The van der Waals surface area contributed by atoms with Gasteiger partial charge >= 0.3 is 0 Å². The molecule has 0 aromatic heterocycles. The molecule has 0 atom stereocenters. The van der Waals surface area contributed by atoms with Crippen LogP contribution in [0.25, 0.3) is 6.08 Å². The van der Waals surface area contributed by atoms with E-state index in [1.807, 2.05) is 6.07 Å². The molecule has 0 aliphatic heterocycles. The average molecular weight is 485 g/mol. The maximum Gasteiger partial charge on any atom is 0.266 e. The van der Waals surface area contributed by atoms with E-state index in [1.54, 1.807) is 49.4 Å². The van der Waals surface area contributed by atoms with Gasteiger partial charge in [0.1, 0.15) is 24.1 Å². The number of halogens is 3. The Bertz CT molecular complexity index is 1270. The van der Waals surface area contributed by atoms with E-state index in [1.165, 1.54) is 25.3 Å². The summed E-state index contributed by atoms with van der Waals surface area (Å²) in [6.45, 7) is 1.84. The molecule has 3 aromatic rings. The number of hydrogen-bond acceptors (Lipinski definition) is 4. The third-order valence-corrected chi connectivity index (χ3v) is 5.41. The number of ether oxygens (including phenoxy) is 2. The number of amides is 1. The van der Waals surface area contributed by atoms with Crippen molar-refractivity contribution in [2.24, 2.45) is 0 Å². The summed E-state index contributed by atoms with van der Waals surface area (Å²) in [5.41, 5.74) is 2.14. The first kappa shape index (κ1) is 24.1. The molecule has 0 bridgehead atoms. The van der Waals surface area contributed by atoms with Crippen molar-refractivity contribution < 1.29 is 18.7 Å². The number of nitrogens with zero attached hydrogens (tertiary/aromatic N) is 1. The van der Waals surface area contributed by atoms with Crippen molar-refractivity contribution in [1.29, 1.82) is 5.26 Å². The highest BCUT2D eigenvalue weighted by Gasteiger charge is 2.15. The molecule has 8 heteroatoms. The number of methoxy groups -OCH3 is 1. The molecule has 0 unspecified atom stereocenters. The van der Waals surface area contributed by atoms with Gasteiger partial charge in [-0.15, -0.1) is 0 Å². The van der Waals surface area contributed by atoms with E-state index >= 15 is 0 Å². The van der Waals surface area contributed by atoms with Crippen molar-refractivity contribution >= 4 is 40.9 Å². The second-order valence-electron chi connectivity index (χ2n) is 6.99. The van der Waals surface area contributed by atoms with Crippen molar-refractivity contribution in [3.8, 4) is 17.6 Å². The zero-order valence-electron chi connectivity index (χ0n) is 17.8. The van der Waals surface area contributed by atoms with Gasteiger partial charge in [-0.1, -0.05) is 41.4 Å². The number of carbonyl (C=O) groups is 1. The van der Waals surface area contributed by atoms with Gasteiger partial charge in [-0.25, -0.2) is 4.39 Å². The molecule has 0 saturated carbocycles. The highest BCUT2D eigenvalue weighted by Crippen LogP contribution is 2.37. The van der Waals surface area contributed by atoms with Gasteiger partial charge in [0.05, 0.1) is 12.1 Å². The zero-order chi connectivity index (χ0) is 24.0. The Morgan fingerprint density at radius 3 is 2.61 bits per heavy atom. The van der Waals surface area contributed by atoms with Gasteiger partial charge in [0.2, 0.25) is 0 Å². The van der Waals surface area contributed by atoms with E-state index in [0.717, 1.165) is 0 Å². The lowest BCUT2D eigenvalue weighted by molar-refractivity contribution is -0.112. The largest absolute Gasteiger partial charge is 0.493 e. The molecule has 0 fully saturated rings. The Hall–Kier alpha value is -3.53. The summed E-state index contributed by atoms with van der Waals surface area (Å²) in [5, 5.41) is 12.9. The Labute approximate surface area is 201 Å². The molecule has 0 radical (unpaired) electrons. The number of nitriles is 1. The summed E-state index contributed by atoms with van der Waals surface area (Å²) in [5.74, 6) is -0.402. The maximum atomic E-state index is 13.4. The summed E-state index contributed by atoms with van der Waals surface area (Å²) in [6, 6.07) is 16.1. The molecule has 3 rings (SSSR count). The highest BCUT2D eigenvalue weighted by molar-refractivity contribution is 6.32. The molecule has 0 aliphatic rings. The quantitative estimate of drug-likeness (QED) is 0.303. The van der Waals surface area contributed by atoms with Crippen molar-refractivity contribution in [3.63, 3.8) is 0 Å². The van der Waals surface area contributed by atoms with Crippen molar-refractivity contribution in [2.45, 2.75) is 13.5 Å². The number of nitrogens with one attached hydrogen (secondary N) is 1. The fourth-order valence-corrected chi connectivity index (χ4v) is 3.44. The number of benzene rings is 3. The summed E-state index contributed by atoms with van der Waals surface area (Å²) in [4.78, 5) is 12.6. The summed E-state index contributed by atoms with van der Waals surface area (Å²) in [6.07, 6.45) is 1.39. The van der Waals surface area contributed by atoms with Crippen molar-refractivity contribution in [2.75, 3.05) is 12.4 Å². The average Bonchev–Trinajstić information content (AvgIpc) is 2.79. The Balaban J connectivity index is 1.84. The summed E-state index contributed by atoms with van der Waals surface area (Å²) < 4.78 is 24.5. The molecule has 1 amide bonds. The molecular weight excluding hydrogens is 466 g/mol. The second-order valence-corrected chi connectivity index (χ2v) is 7.80. The summed E-state index contributed by atoms with van der Waals surface area (Å²) in [7, 11) is 1.44. The fraction of sp³-hybridized carbons (Fsp3) is 0.120. The molecule has 168 valence electrons. The lowest BCUT2D eigenvalue weighted by atomic mass is 10.1. The van der Waals surface area contributed by atoms with E-state index in [2.05, 4.69) is 5.32 Å². The van der Waals surface area contributed by atoms with Crippen LogP contribution in [0.15, 0.2) is 60.2 Å². The topological polar surface area (TPSA) is 71.3 Å². The van der Waals surface area contributed by atoms with E-state index in [0.29, 0.717) is 33.1 Å². The van der Waals surface area contributed by atoms with E-state index in [-0.39, 0.29) is 28.8 Å². The SMILES string of the molecule is COc1cc(/C=C(/C#N)C(=O)Nc2cccc(Cl)c2C)cc(Cl)c1OCc1cccc(F)c1. The van der Waals surface area contributed by atoms with E-state index < -0.39 is 5.91 Å². The minimum absolute atomic E-state index is 0.0772. The van der Waals surface area contributed by atoms with Crippen LogP contribution in [0.1, 0.15) is 16.7 Å². The first-order valence-electron chi connectivity index (χ1n) is 9.75. The van der Waals surface area contributed by atoms with Crippen LogP contribution >= 0.6 is 23.2 Å². The molecule has 0 aliphatic carbocycles. The first-order chi connectivity index (χ1) is 15.8. The normalized spacial score (nSPS) is 11.0. The van der Waals surface area contributed by atoms with Crippen LogP contribution in [0.4, 0.5) is 10.1 Å². The van der Waals surface area contributed by atoms with Crippen LogP contribution in [0.3, 0.4) is 0 Å². The van der Waals surface area contributed by atoms with Crippen LogP contribution in [0.5, 0.6) is 11.5 Å². The monoisotopic (exact) mass is 484 g/mol. The standard InChI is InChI=1S/C25H19Cl2FN2O3/c1-15-20(26)7-4-8-22(15)30-25(31)18(13-29)9-17-11-21(27)24(23(12-17)32-2)33-14-16-5-3-6-19(28)10-16/h3-12H,14H2,1-2H3,(H,30,31)/b18-9-. The number of rotatable bonds is 7. The van der Waals surface area contributed by atoms with Crippen LogP contribution in [-0.4, -0.2) is 13.0 Å². The molecular formula is C25H19Cl2FN2O3. The number of carbonyl (C=O) groups excluding carboxylic acids is 1. The smallest absolute Gasteiger partial charge is 0.266 e. The summed E-state index contributed by atoms with van der Waals surface area (Å²) >= 11 is 12.5. The third-order valence-electron chi connectivity index (χ3n) is 4.72. The maximum absolute atomic E-state index is 13.4. The van der Waals surface area contributed by atoms with E-state index in [9.17, 15) is 14.4 Å². The Morgan fingerprint density at radius 2 is 1.91 bits per heavy atom. The molecule has 5 nitrogen and oxygen atoms in total. The fourth-order valence-electron chi connectivity index (χ4n) is 2.99. The van der Waals surface area contributed by atoms with Gasteiger partial charge in [-0.2, -0.15) is 5.26 Å². The lowest BCUT2D eigenvalue weighted by Crippen LogP contribution is -2.14. The number of anilines is 1. The third kappa shape index (κ3) is 6.04. The second kappa shape index (κ2) is 10.9. The molecule has 33 heavy (non-hydrogen) atoms. The molecule has 3 aromatic carbocycles. The Kier molecular flexibility index (Phi) is 7.94. The molecule has 0 saturated heterocycles. The minimum Gasteiger partial charge on any atom is -0.493 e. The van der Waals surface area contributed by atoms with Crippen LogP contribution < -0.4 is 14.8 Å². The van der Waals surface area contributed by atoms with Gasteiger partial charge in [0, 0.05) is 10.7 Å². The Morgan fingerprint density at radius 1 is 1.15 bits per heavy atom. The molecule has 0 spiro atoms. The number of hydrogen-bond donors (Lipinski definition) is 1. The van der Waals surface area contributed by atoms with Crippen molar-refractivity contribution in [1.82, 2.24) is 0 Å². The van der Waals surface area contributed by atoms with Gasteiger partial charge in [0.15, 0.2) is 11.5 Å². The molecule has 1 N–H and O–H groups in total. The molecule has 0 heterocycles. The zero-order valence-corrected chi connectivity index (χ0v) is 19.3. The predicted molar refractivity (Wildman–Crippen MR) is 127 cm³/mol. The van der Waals surface area contributed by atoms with Crippen LogP contribution in [-0.2, 0) is 11.4 Å². The lowest BCUT2D eigenvalue weighted by Gasteiger charge is -2.14. The van der Waals surface area contributed by atoms with Gasteiger partial charge in [0.25, 0.3) is 5.91 Å². The van der Waals surface area contributed by atoms with Crippen LogP contribution in [0, 0.1) is 24.1 Å². The van der Waals surface area contributed by atoms with Gasteiger partial charge in [-0.3, -0.25) is 4.79 Å². The minimum atomic E-state index is -0.593. The predicted octanol–water partition coefficient (Wildman–Crippen LogP) is 6.57. The van der Waals surface area contributed by atoms with Gasteiger partial charge in [-0.05, 0) is 66.1 Å². The van der Waals surface area contributed by atoms with Crippen molar-refractivity contribution in [3.05, 3.63) is 92.7 Å². The highest BCUT2D eigenvalue weighted by atomic mass is 35.5. The van der Waals surface area contributed by atoms with Crippen LogP contribution in [0.2, 0.25) is 10.0 Å². The van der Waals surface area contributed by atoms with Gasteiger partial charge < -0.3 is 14.8 Å². The van der Waals surface area contributed by atoms with E-state index in [4.69, 9.17) is 32.7 Å².